The molecule has 0 aliphatic carbocycles. The Kier molecular flexibility index (Phi) is 7.34. The van der Waals surface area contributed by atoms with Crippen LogP contribution in [0.4, 0.5) is 5.69 Å². The number of rotatable bonds is 6. The summed E-state index contributed by atoms with van der Waals surface area (Å²) in [4.78, 5) is 12.2. The van der Waals surface area contributed by atoms with Crippen LogP contribution in [0.25, 0.3) is 0 Å². The fourth-order valence-electron chi connectivity index (χ4n) is 2.00. The predicted molar refractivity (Wildman–Crippen MR) is 84.3 cm³/mol. The highest BCUT2D eigenvalue weighted by Crippen LogP contribution is 2.26. The van der Waals surface area contributed by atoms with Crippen LogP contribution in [-0.2, 0) is 4.79 Å². The second-order valence-electron chi connectivity index (χ2n) is 4.69. The highest BCUT2D eigenvalue weighted by Gasteiger charge is 2.16. The quantitative estimate of drug-likeness (QED) is 0.792. The average molecular weight is 289 g/mol. The summed E-state index contributed by atoms with van der Waals surface area (Å²) in [6.45, 7) is 4.05. The Morgan fingerprint density at radius 3 is 2.67 bits per heavy atom. The van der Waals surface area contributed by atoms with Gasteiger partial charge in [-0.15, -0.1) is 0 Å². The topological polar surface area (TPSA) is 58.6 Å². The van der Waals surface area contributed by atoms with Crippen molar-refractivity contribution in [2.24, 2.45) is 5.92 Å². The minimum absolute atomic E-state index is 0.00108. The number of methoxy groups -OCH3 is 1. The second kappa shape index (κ2) is 9.04. The molecule has 0 aliphatic rings. The van der Waals surface area contributed by atoms with Gasteiger partial charge in [-0.1, -0.05) is 25.7 Å². The Hall–Kier alpha value is -1.99. The Morgan fingerprint density at radius 2 is 2.10 bits per heavy atom. The van der Waals surface area contributed by atoms with Crippen molar-refractivity contribution in [3.8, 4) is 17.6 Å². The molecule has 4 heteroatoms. The Bertz CT molecular complexity index is 525. The molecule has 1 aromatic rings. The number of benzene rings is 1. The van der Waals surface area contributed by atoms with Crippen LogP contribution in [-0.4, -0.2) is 24.7 Å². The van der Waals surface area contributed by atoms with E-state index in [0.717, 1.165) is 18.4 Å². The molecule has 1 amide bonds. The molecule has 0 saturated carbocycles. The number of amides is 1. The van der Waals surface area contributed by atoms with Crippen LogP contribution in [0.3, 0.4) is 0 Å². The lowest BCUT2D eigenvalue weighted by molar-refractivity contribution is -0.120. The molecular formula is C17H23NO3. The molecule has 4 nitrogen and oxygen atoms in total. The van der Waals surface area contributed by atoms with Crippen LogP contribution >= 0.6 is 0 Å². The zero-order valence-corrected chi connectivity index (χ0v) is 12.9. The normalized spacial score (nSPS) is 9.95. The molecule has 0 aromatic heterocycles. The van der Waals surface area contributed by atoms with Gasteiger partial charge in [0.1, 0.15) is 5.75 Å². The summed E-state index contributed by atoms with van der Waals surface area (Å²) in [6, 6.07) is 5.41. The number of carbonyl (C=O) groups is 1. The first kappa shape index (κ1) is 17.1. The second-order valence-corrected chi connectivity index (χ2v) is 4.69. The molecule has 0 spiro atoms. The molecule has 2 N–H and O–H groups in total. The Balaban J connectivity index is 2.96. The van der Waals surface area contributed by atoms with Crippen molar-refractivity contribution in [3.05, 3.63) is 23.8 Å². The molecule has 114 valence electrons. The van der Waals surface area contributed by atoms with Crippen LogP contribution in [0.1, 0.15) is 38.7 Å². The van der Waals surface area contributed by atoms with Crippen LogP contribution in [0, 0.1) is 17.8 Å². The van der Waals surface area contributed by atoms with Gasteiger partial charge in [0.15, 0.2) is 0 Å². The number of hydrogen-bond acceptors (Lipinski definition) is 3. The summed E-state index contributed by atoms with van der Waals surface area (Å²) in [6.07, 6.45) is 2.04. The Labute approximate surface area is 126 Å². The van der Waals surface area contributed by atoms with E-state index in [9.17, 15) is 4.79 Å². The smallest absolute Gasteiger partial charge is 0.227 e. The first-order valence-corrected chi connectivity index (χ1v) is 7.24. The van der Waals surface area contributed by atoms with Gasteiger partial charge in [0, 0.05) is 17.9 Å². The van der Waals surface area contributed by atoms with E-state index >= 15 is 0 Å². The van der Waals surface area contributed by atoms with Crippen LogP contribution in [0.2, 0.25) is 0 Å². The molecule has 1 rings (SSSR count). The number of hydrogen-bond donors (Lipinski definition) is 2. The number of carbonyl (C=O) groups excluding carboxylic acids is 1. The average Bonchev–Trinajstić information content (AvgIpc) is 2.49. The maximum absolute atomic E-state index is 12.2. The van der Waals surface area contributed by atoms with Crippen LogP contribution < -0.4 is 10.1 Å². The molecule has 0 fully saturated rings. The van der Waals surface area contributed by atoms with E-state index in [1.54, 1.807) is 19.2 Å². The van der Waals surface area contributed by atoms with Gasteiger partial charge in [-0.25, -0.2) is 0 Å². The first-order chi connectivity index (χ1) is 10.2. The molecule has 0 aliphatic heterocycles. The predicted octanol–water partition coefficient (Wildman–Crippen LogP) is 2.80. The van der Waals surface area contributed by atoms with E-state index in [0.29, 0.717) is 17.9 Å². The van der Waals surface area contributed by atoms with Crippen LogP contribution in [0.5, 0.6) is 5.75 Å². The molecule has 0 atom stereocenters. The van der Waals surface area contributed by atoms with E-state index < -0.39 is 0 Å². The van der Waals surface area contributed by atoms with E-state index in [4.69, 9.17) is 9.84 Å². The number of aliphatic hydroxyl groups excluding tert-OH is 1. The van der Waals surface area contributed by atoms with E-state index in [1.165, 1.54) is 0 Å². The SMILES string of the molecule is CCC(CC)C(=O)Nc1cc(C#CCCO)ccc1OC. The molecule has 0 unspecified atom stereocenters. The molecule has 0 heterocycles. The highest BCUT2D eigenvalue weighted by molar-refractivity contribution is 5.94. The van der Waals surface area contributed by atoms with E-state index in [1.807, 2.05) is 19.9 Å². The highest BCUT2D eigenvalue weighted by atomic mass is 16.5. The van der Waals surface area contributed by atoms with Crippen LogP contribution in [0.15, 0.2) is 18.2 Å². The summed E-state index contributed by atoms with van der Waals surface area (Å²) in [5.41, 5.74) is 1.41. The molecule has 21 heavy (non-hydrogen) atoms. The van der Waals surface area contributed by atoms with E-state index in [2.05, 4.69) is 17.2 Å². The van der Waals surface area contributed by atoms with Gasteiger partial charge in [0.2, 0.25) is 5.91 Å². The zero-order valence-electron chi connectivity index (χ0n) is 12.9. The third-order valence-electron chi connectivity index (χ3n) is 3.28. The van der Waals surface area contributed by atoms with Crippen molar-refractivity contribution in [2.75, 3.05) is 19.0 Å². The molecular weight excluding hydrogens is 266 g/mol. The van der Waals surface area contributed by atoms with Gasteiger partial charge in [0.05, 0.1) is 19.4 Å². The lowest BCUT2D eigenvalue weighted by Crippen LogP contribution is -2.22. The monoisotopic (exact) mass is 289 g/mol. The fraction of sp³-hybridized carbons (Fsp3) is 0.471. The summed E-state index contributed by atoms with van der Waals surface area (Å²) in [5.74, 6) is 6.42. The lowest BCUT2D eigenvalue weighted by Gasteiger charge is -2.15. The summed E-state index contributed by atoms with van der Waals surface area (Å²) in [7, 11) is 1.57. The van der Waals surface area contributed by atoms with Gasteiger partial charge >= 0.3 is 0 Å². The number of nitrogens with one attached hydrogen (secondary N) is 1. The van der Waals surface area contributed by atoms with Crippen molar-refractivity contribution in [2.45, 2.75) is 33.1 Å². The van der Waals surface area contributed by atoms with Crippen molar-refractivity contribution in [1.82, 2.24) is 0 Å². The molecule has 1 aromatic carbocycles. The van der Waals surface area contributed by atoms with Crippen molar-refractivity contribution in [1.29, 1.82) is 0 Å². The van der Waals surface area contributed by atoms with Crippen molar-refractivity contribution >= 4 is 11.6 Å². The largest absolute Gasteiger partial charge is 0.495 e. The number of ether oxygens (including phenoxy) is 1. The summed E-state index contributed by atoms with van der Waals surface area (Å²) >= 11 is 0. The van der Waals surface area contributed by atoms with Crippen molar-refractivity contribution in [3.63, 3.8) is 0 Å². The maximum atomic E-state index is 12.2. The minimum atomic E-state index is -0.00114. The fourth-order valence-corrected chi connectivity index (χ4v) is 2.00. The molecule has 0 radical (unpaired) electrons. The summed E-state index contributed by atoms with van der Waals surface area (Å²) < 4.78 is 5.27. The minimum Gasteiger partial charge on any atom is -0.495 e. The zero-order chi connectivity index (χ0) is 15.7. The van der Waals surface area contributed by atoms with Gasteiger partial charge < -0.3 is 15.2 Å². The number of aliphatic hydroxyl groups is 1. The van der Waals surface area contributed by atoms with Gasteiger partial charge in [-0.2, -0.15) is 0 Å². The standard InChI is InChI=1S/C17H23NO3/c1-4-14(5-2)17(20)18-15-12-13(8-6-7-11-19)9-10-16(15)21-3/h9-10,12,14,19H,4-5,7,11H2,1-3H3,(H,18,20). The first-order valence-electron chi connectivity index (χ1n) is 7.24. The third-order valence-corrected chi connectivity index (χ3v) is 3.28. The van der Waals surface area contributed by atoms with Gasteiger partial charge in [-0.3, -0.25) is 4.79 Å². The maximum Gasteiger partial charge on any atom is 0.227 e. The van der Waals surface area contributed by atoms with E-state index in [-0.39, 0.29) is 18.4 Å². The van der Waals surface area contributed by atoms with Gasteiger partial charge in [-0.05, 0) is 31.0 Å². The lowest BCUT2D eigenvalue weighted by atomic mass is 10.0. The molecule has 0 bridgehead atoms. The van der Waals surface area contributed by atoms with Gasteiger partial charge in [0.25, 0.3) is 0 Å². The Morgan fingerprint density at radius 1 is 1.38 bits per heavy atom. The summed E-state index contributed by atoms with van der Waals surface area (Å²) in [5, 5.41) is 11.6. The van der Waals surface area contributed by atoms with Crippen molar-refractivity contribution < 1.29 is 14.6 Å². The third kappa shape index (κ3) is 5.13. The number of anilines is 1. The molecule has 0 saturated heterocycles.